The Morgan fingerprint density at radius 1 is 1.47 bits per heavy atom. The molecule has 0 amide bonds. The molecule has 90 valence electrons. The molecule has 0 aliphatic carbocycles. The summed E-state index contributed by atoms with van der Waals surface area (Å²) in [4.78, 5) is 5.25. The average molecular weight is 269 g/mol. The van der Waals surface area contributed by atoms with Gasteiger partial charge in [0.05, 0.1) is 23.7 Å². The monoisotopic (exact) mass is 268 g/mol. The molecule has 1 aromatic carbocycles. The first kappa shape index (κ1) is 12.2. The second kappa shape index (κ2) is 5.38. The molecule has 1 aromatic heterocycles. The predicted octanol–water partition coefficient (Wildman–Crippen LogP) is 3.98. The zero-order valence-electron chi connectivity index (χ0n) is 9.61. The third-order valence-electron chi connectivity index (χ3n) is 2.41. The summed E-state index contributed by atoms with van der Waals surface area (Å²) >= 11 is 7.69. The zero-order valence-corrected chi connectivity index (χ0v) is 11.2. The Bertz CT molecular complexity index is 487. The van der Waals surface area contributed by atoms with Crippen molar-refractivity contribution in [2.24, 2.45) is 0 Å². The summed E-state index contributed by atoms with van der Waals surface area (Å²) in [6, 6.07) is 5.87. The molecule has 0 spiro atoms. The van der Waals surface area contributed by atoms with Crippen molar-refractivity contribution in [1.29, 1.82) is 0 Å². The van der Waals surface area contributed by atoms with E-state index in [-0.39, 0.29) is 6.04 Å². The molecule has 0 saturated carbocycles. The van der Waals surface area contributed by atoms with Crippen LogP contribution in [0.5, 0.6) is 5.75 Å². The van der Waals surface area contributed by atoms with Crippen LogP contribution in [0.4, 0.5) is 5.69 Å². The number of benzene rings is 1. The minimum Gasteiger partial charge on any atom is -0.495 e. The van der Waals surface area contributed by atoms with Gasteiger partial charge in [0.1, 0.15) is 5.75 Å². The molecule has 0 aliphatic rings. The van der Waals surface area contributed by atoms with E-state index in [9.17, 15) is 0 Å². The van der Waals surface area contributed by atoms with Crippen molar-refractivity contribution in [3.63, 3.8) is 0 Å². The first-order valence-corrected chi connectivity index (χ1v) is 6.45. The lowest BCUT2D eigenvalue weighted by molar-refractivity contribution is 0.415. The Morgan fingerprint density at radius 3 is 2.88 bits per heavy atom. The van der Waals surface area contributed by atoms with Crippen LogP contribution in [0.15, 0.2) is 29.9 Å². The number of nitrogens with one attached hydrogen (secondary N) is 1. The largest absolute Gasteiger partial charge is 0.495 e. The molecule has 1 unspecified atom stereocenters. The van der Waals surface area contributed by atoms with Gasteiger partial charge in [0.15, 0.2) is 0 Å². The number of methoxy groups -OCH3 is 1. The highest BCUT2D eigenvalue weighted by molar-refractivity contribution is 7.09. The Kier molecular flexibility index (Phi) is 3.86. The maximum Gasteiger partial charge on any atom is 0.137 e. The van der Waals surface area contributed by atoms with Crippen molar-refractivity contribution in [3.05, 3.63) is 39.8 Å². The number of hydrogen-bond donors (Lipinski definition) is 1. The van der Waals surface area contributed by atoms with Crippen LogP contribution in [0.2, 0.25) is 5.02 Å². The lowest BCUT2D eigenvalue weighted by Crippen LogP contribution is -2.04. The quantitative estimate of drug-likeness (QED) is 0.911. The molecule has 1 heterocycles. The van der Waals surface area contributed by atoms with Gasteiger partial charge in [0.2, 0.25) is 0 Å². The Morgan fingerprint density at radius 2 is 2.29 bits per heavy atom. The van der Waals surface area contributed by atoms with Gasteiger partial charge in [-0.1, -0.05) is 11.6 Å². The van der Waals surface area contributed by atoms with Crippen LogP contribution in [-0.4, -0.2) is 12.1 Å². The number of rotatable bonds is 4. The van der Waals surface area contributed by atoms with Crippen LogP contribution in [0, 0.1) is 0 Å². The van der Waals surface area contributed by atoms with Crippen LogP contribution < -0.4 is 10.1 Å². The van der Waals surface area contributed by atoms with Crippen LogP contribution in [0.1, 0.15) is 17.8 Å². The molecule has 17 heavy (non-hydrogen) atoms. The van der Waals surface area contributed by atoms with Crippen LogP contribution in [0.25, 0.3) is 0 Å². The van der Waals surface area contributed by atoms with Gasteiger partial charge in [-0.3, -0.25) is 4.98 Å². The molecular weight excluding hydrogens is 256 g/mol. The first-order valence-electron chi connectivity index (χ1n) is 5.19. The van der Waals surface area contributed by atoms with E-state index in [1.54, 1.807) is 18.4 Å². The second-order valence-corrected chi connectivity index (χ2v) is 4.94. The number of hydrogen-bond acceptors (Lipinski definition) is 4. The average Bonchev–Trinajstić information content (AvgIpc) is 2.82. The number of thiazole rings is 1. The first-order chi connectivity index (χ1) is 8.20. The number of halogens is 1. The summed E-state index contributed by atoms with van der Waals surface area (Å²) in [5.41, 5.74) is 2.80. The smallest absolute Gasteiger partial charge is 0.137 e. The molecule has 0 fully saturated rings. The highest BCUT2D eigenvalue weighted by Gasteiger charge is 2.08. The summed E-state index contributed by atoms with van der Waals surface area (Å²) in [7, 11) is 1.61. The van der Waals surface area contributed by atoms with E-state index in [1.165, 1.54) is 4.88 Å². The van der Waals surface area contributed by atoms with E-state index >= 15 is 0 Å². The van der Waals surface area contributed by atoms with Gasteiger partial charge in [0, 0.05) is 16.8 Å². The van der Waals surface area contributed by atoms with Crippen molar-refractivity contribution < 1.29 is 4.74 Å². The van der Waals surface area contributed by atoms with E-state index in [2.05, 4.69) is 17.2 Å². The standard InChI is InChI=1S/C12H13ClN2OS/c1-8(12-6-14-7-17-12)15-9-3-4-11(16-2)10(13)5-9/h3-8,15H,1-2H3. The molecule has 0 radical (unpaired) electrons. The van der Waals surface area contributed by atoms with Crippen molar-refractivity contribution in [1.82, 2.24) is 4.98 Å². The maximum absolute atomic E-state index is 6.06. The highest BCUT2D eigenvalue weighted by atomic mass is 35.5. The zero-order chi connectivity index (χ0) is 12.3. The fourth-order valence-electron chi connectivity index (χ4n) is 1.52. The summed E-state index contributed by atoms with van der Waals surface area (Å²) in [5.74, 6) is 0.683. The van der Waals surface area contributed by atoms with Crippen molar-refractivity contribution >= 4 is 28.6 Å². The molecule has 5 heteroatoms. The number of ether oxygens (including phenoxy) is 1. The number of nitrogens with zero attached hydrogens (tertiary/aromatic N) is 1. The number of aromatic nitrogens is 1. The Hall–Kier alpha value is -1.26. The summed E-state index contributed by atoms with van der Waals surface area (Å²) in [6.07, 6.45) is 1.87. The van der Waals surface area contributed by atoms with E-state index in [1.807, 2.05) is 29.9 Å². The van der Waals surface area contributed by atoms with Gasteiger partial charge in [-0.2, -0.15) is 0 Å². The molecular formula is C12H13ClN2OS. The Balaban J connectivity index is 2.11. The lowest BCUT2D eigenvalue weighted by Gasteiger charge is -2.14. The van der Waals surface area contributed by atoms with Gasteiger partial charge in [-0.15, -0.1) is 11.3 Å². The van der Waals surface area contributed by atoms with Gasteiger partial charge in [-0.25, -0.2) is 0 Å². The predicted molar refractivity (Wildman–Crippen MR) is 72.2 cm³/mol. The van der Waals surface area contributed by atoms with Crippen molar-refractivity contribution in [2.75, 3.05) is 12.4 Å². The van der Waals surface area contributed by atoms with Crippen molar-refractivity contribution in [2.45, 2.75) is 13.0 Å². The number of anilines is 1. The molecule has 2 rings (SSSR count). The van der Waals surface area contributed by atoms with Crippen LogP contribution in [0.3, 0.4) is 0 Å². The summed E-state index contributed by atoms with van der Waals surface area (Å²) in [6.45, 7) is 2.09. The minimum atomic E-state index is 0.215. The summed E-state index contributed by atoms with van der Waals surface area (Å²) < 4.78 is 5.11. The molecule has 1 atom stereocenters. The third kappa shape index (κ3) is 2.90. The Labute approximate surface area is 109 Å². The molecule has 3 nitrogen and oxygen atoms in total. The van der Waals surface area contributed by atoms with Crippen LogP contribution in [-0.2, 0) is 0 Å². The van der Waals surface area contributed by atoms with E-state index in [0.717, 1.165) is 5.69 Å². The van der Waals surface area contributed by atoms with E-state index in [0.29, 0.717) is 10.8 Å². The normalized spacial score (nSPS) is 12.2. The highest BCUT2D eigenvalue weighted by Crippen LogP contribution is 2.29. The lowest BCUT2D eigenvalue weighted by atomic mass is 10.2. The topological polar surface area (TPSA) is 34.1 Å². The van der Waals surface area contributed by atoms with Crippen LogP contribution >= 0.6 is 22.9 Å². The molecule has 1 N–H and O–H groups in total. The van der Waals surface area contributed by atoms with E-state index < -0.39 is 0 Å². The molecule has 0 saturated heterocycles. The van der Waals surface area contributed by atoms with Gasteiger partial charge in [-0.05, 0) is 25.1 Å². The summed E-state index contributed by atoms with van der Waals surface area (Å²) in [5, 5.41) is 3.97. The van der Waals surface area contributed by atoms with Crippen molar-refractivity contribution in [3.8, 4) is 5.75 Å². The van der Waals surface area contributed by atoms with Gasteiger partial charge < -0.3 is 10.1 Å². The second-order valence-electron chi connectivity index (χ2n) is 3.62. The molecule has 0 aliphatic heterocycles. The van der Waals surface area contributed by atoms with Gasteiger partial charge in [0.25, 0.3) is 0 Å². The fraction of sp³-hybridized carbons (Fsp3) is 0.250. The molecule has 0 bridgehead atoms. The minimum absolute atomic E-state index is 0.215. The fourth-order valence-corrected chi connectivity index (χ4v) is 2.40. The molecule has 2 aromatic rings. The third-order valence-corrected chi connectivity index (χ3v) is 3.67. The van der Waals surface area contributed by atoms with Gasteiger partial charge >= 0.3 is 0 Å². The maximum atomic E-state index is 6.06. The SMILES string of the molecule is COc1ccc(NC(C)c2cncs2)cc1Cl. The van der Waals surface area contributed by atoms with E-state index in [4.69, 9.17) is 16.3 Å².